The lowest BCUT2D eigenvalue weighted by molar-refractivity contribution is 0.0301. The molecule has 0 aliphatic heterocycles. The van der Waals surface area contributed by atoms with Crippen LogP contribution in [0.3, 0.4) is 0 Å². The van der Waals surface area contributed by atoms with Gasteiger partial charge in [0.1, 0.15) is 0 Å². The molecule has 0 radical (unpaired) electrons. The first-order valence-corrected chi connectivity index (χ1v) is 7.83. The van der Waals surface area contributed by atoms with Gasteiger partial charge in [-0.1, -0.05) is 25.5 Å². The molecule has 3 N–H and O–H groups in total. The second kappa shape index (κ2) is 5.88. The smallest absolute Gasteiger partial charge is 0.0858 e. The lowest BCUT2D eigenvalue weighted by Gasteiger charge is -2.33. The first-order valence-electron chi connectivity index (χ1n) is 6.75. The highest BCUT2D eigenvalue weighted by molar-refractivity contribution is 14.1. The molecule has 18 heavy (non-hydrogen) atoms. The van der Waals surface area contributed by atoms with Crippen molar-refractivity contribution >= 4 is 22.6 Å². The molecule has 1 fully saturated rings. The van der Waals surface area contributed by atoms with Gasteiger partial charge in [0.25, 0.3) is 0 Å². The second-order valence-electron chi connectivity index (χ2n) is 5.54. The molecule has 1 aliphatic rings. The summed E-state index contributed by atoms with van der Waals surface area (Å²) in [5, 5.41) is 10.7. The minimum absolute atomic E-state index is 0.104. The summed E-state index contributed by atoms with van der Waals surface area (Å²) in [6, 6.07) is 8.16. The van der Waals surface area contributed by atoms with E-state index in [0.717, 1.165) is 24.3 Å². The monoisotopic (exact) mass is 359 g/mol. The molecule has 1 aromatic carbocycles. The molecule has 0 spiro atoms. The van der Waals surface area contributed by atoms with Crippen LogP contribution in [0.1, 0.15) is 44.3 Å². The van der Waals surface area contributed by atoms with E-state index in [1.54, 1.807) is 0 Å². The highest BCUT2D eigenvalue weighted by Crippen LogP contribution is 2.50. The molecule has 100 valence electrons. The Morgan fingerprint density at radius 3 is 2.61 bits per heavy atom. The predicted octanol–water partition coefficient (Wildman–Crippen LogP) is 3.48. The Bertz CT molecular complexity index is 392. The number of halogens is 1. The van der Waals surface area contributed by atoms with Crippen LogP contribution in [0.25, 0.3) is 0 Å². The molecule has 0 heterocycles. The maximum atomic E-state index is 10.7. The van der Waals surface area contributed by atoms with Gasteiger partial charge in [-0.05, 0) is 65.5 Å². The van der Waals surface area contributed by atoms with E-state index in [1.807, 2.05) is 12.1 Å². The Balaban J connectivity index is 2.20. The van der Waals surface area contributed by atoms with E-state index in [0.29, 0.717) is 6.54 Å². The maximum Gasteiger partial charge on any atom is 0.0858 e. The maximum absolute atomic E-state index is 10.7. The van der Waals surface area contributed by atoms with Crippen LogP contribution in [-0.2, 0) is 0 Å². The third kappa shape index (κ3) is 2.73. The number of hydrogen-bond donors (Lipinski definition) is 2. The van der Waals surface area contributed by atoms with Crippen molar-refractivity contribution in [2.75, 3.05) is 6.54 Å². The lowest BCUT2D eigenvalue weighted by Crippen LogP contribution is -2.34. The normalized spacial score (nSPS) is 29.4. The standard InChI is InChI=1S/C15H22INO/c1-2-11-7-8-15(9-11,10-17)14(18)12-3-5-13(16)6-4-12/h3-6,11,14,18H,2,7-10,17H2,1H3. The van der Waals surface area contributed by atoms with Gasteiger partial charge in [0.05, 0.1) is 6.10 Å². The van der Waals surface area contributed by atoms with Crippen molar-refractivity contribution in [1.29, 1.82) is 0 Å². The van der Waals surface area contributed by atoms with Crippen LogP contribution < -0.4 is 5.73 Å². The Morgan fingerprint density at radius 1 is 1.44 bits per heavy atom. The van der Waals surface area contributed by atoms with Gasteiger partial charge in [0.2, 0.25) is 0 Å². The molecular formula is C15H22INO. The van der Waals surface area contributed by atoms with Crippen LogP contribution in [0.2, 0.25) is 0 Å². The Morgan fingerprint density at radius 2 is 2.11 bits per heavy atom. The van der Waals surface area contributed by atoms with Gasteiger partial charge in [-0.2, -0.15) is 0 Å². The van der Waals surface area contributed by atoms with Gasteiger partial charge in [-0.3, -0.25) is 0 Å². The molecule has 2 nitrogen and oxygen atoms in total. The molecule has 1 saturated carbocycles. The van der Waals surface area contributed by atoms with E-state index in [2.05, 4.69) is 41.6 Å². The Kier molecular flexibility index (Phi) is 4.67. The molecule has 0 aromatic heterocycles. The number of nitrogens with two attached hydrogens (primary N) is 1. The number of aliphatic hydroxyl groups excluding tert-OH is 1. The Labute approximate surface area is 123 Å². The van der Waals surface area contributed by atoms with Gasteiger partial charge >= 0.3 is 0 Å². The number of hydrogen-bond acceptors (Lipinski definition) is 2. The van der Waals surface area contributed by atoms with E-state index in [-0.39, 0.29) is 5.41 Å². The molecule has 0 amide bonds. The van der Waals surface area contributed by atoms with Crippen LogP contribution in [0, 0.1) is 14.9 Å². The summed E-state index contributed by atoms with van der Waals surface area (Å²) in [5.41, 5.74) is 6.90. The van der Waals surface area contributed by atoms with E-state index >= 15 is 0 Å². The van der Waals surface area contributed by atoms with Gasteiger partial charge in [-0.25, -0.2) is 0 Å². The number of aliphatic hydroxyl groups is 1. The van der Waals surface area contributed by atoms with Crippen molar-refractivity contribution in [3.8, 4) is 0 Å². The molecule has 3 unspecified atom stereocenters. The number of rotatable bonds is 4. The van der Waals surface area contributed by atoms with Crippen molar-refractivity contribution in [3.05, 3.63) is 33.4 Å². The van der Waals surface area contributed by atoms with Crippen molar-refractivity contribution in [3.63, 3.8) is 0 Å². The van der Waals surface area contributed by atoms with Gasteiger partial charge in [0.15, 0.2) is 0 Å². The zero-order valence-corrected chi connectivity index (χ0v) is 13.1. The summed E-state index contributed by atoms with van der Waals surface area (Å²) < 4.78 is 1.20. The highest BCUT2D eigenvalue weighted by Gasteiger charge is 2.43. The molecule has 1 aromatic rings. The molecule has 0 saturated heterocycles. The molecule has 0 bridgehead atoms. The van der Waals surface area contributed by atoms with Crippen molar-refractivity contribution in [2.45, 2.75) is 38.7 Å². The molecular weight excluding hydrogens is 337 g/mol. The second-order valence-corrected chi connectivity index (χ2v) is 6.78. The fourth-order valence-electron chi connectivity index (χ4n) is 3.16. The largest absolute Gasteiger partial charge is 0.388 e. The summed E-state index contributed by atoms with van der Waals surface area (Å²) >= 11 is 2.28. The van der Waals surface area contributed by atoms with Crippen molar-refractivity contribution in [1.82, 2.24) is 0 Å². The highest BCUT2D eigenvalue weighted by atomic mass is 127. The quantitative estimate of drug-likeness (QED) is 0.809. The van der Waals surface area contributed by atoms with Crippen molar-refractivity contribution < 1.29 is 5.11 Å². The molecule has 3 heteroatoms. The average Bonchev–Trinajstić information content (AvgIpc) is 2.84. The minimum Gasteiger partial charge on any atom is -0.388 e. The van der Waals surface area contributed by atoms with Crippen molar-refractivity contribution in [2.24, 2.45) is 17.1 Å². The summed E-state index contributed by atoms with van der Waals surface area (Å²) in [6.45, 7) is 2.81. The zero-order chi connectivity index (χ0) is 13.2. The average molecular weight is 359 g/mol. The van der Waals surface area contributed by atoms with E-state index in [1.165, 1.54) is 16.4 Å². The van der Waals surface area contributed by atoms with Gasteiger partial charge in [-0.15, -0.1) is 0 Å². The van der Waals surface area contributed by atoms with Crippen LogP contribution in [-0.4, -0.2) is 11.7 Å². The third-order valence-corrected chi connectivity index (χ3v) is 5.21. The summed E-state index contributed by atoms with van der Waals surface area (Å²) in [5.74, 6) is 0.729. The fourth-order valence-corrected chi connectivity index (χ4v) is 3.52. The molecule has 2 rings (SSSR count). The van der Waals surface area contributed by atoms with Crippen LogP contribution in [0.5, 0.6) is 0 Å². The van der Waals surface area contributed by atoms with E-state index in [9.17, 15) is 5.11 Å². The molecule has 3 atom stereocenters. The number of benzene rings is 1. The predicted molar refractivity (Wildman–Crippen MR) is 83.2 cm³/mol. The third-order valence-electron chi connectivity index (χ3n) is 4.50. The lowest BCUT2D eigenvalue weighted by atomic mass is 9.76. The van der Waals surface area contributed by atoms with Crippen LogP contribution in [0.4, 0.5) is 0 Å². The zero-order valence-electron chi connectivity index (χ0n) is 10.9. The minimum atomic E-state index is -0.420. The fraction of sp³-hybridized carbons (Fsp3) is 0.600. The van der Waals surface area contributed by atoms with E-state index < -0.39 is 6.10 Å². The molecule has 1 aliphatic carbocycles. The summed E-state index contributed by atoms with van der Waals surface area (Å²) in [4.78, 5) is 0. The summed E-state index contributed by atoms with van der Waals surface area (Å²) in [6.07, 6.45) is 4.09. The van der Waals surface area contributed by atoms with Crippen LogP contribution in [0.15, 0.2) is 24.3 Å². The van der Waals surface area contributed by atoms with Gasteiger partial charge < -0.3 is 10.8 Å². The van der Waals surface area contributed by atoms with Crippen LogP contribution >= 0.6 is 22.6 Å². The van der Waals surface area contributed by atoms with E-state index in [4.69, 9.17) is 5.73 Å². The first-order chi connectivity index (χ1) is 8.61. The SMILES string of the molecule is CCC1CCC(CN)(C(O)c2ccc(I)cc2)C1. The van der Waals surface area contributed by atoms with Gasteiger partial charge in [0, 0.05) is 15.5 Å². The topological polar surface area (TPSA) is 46.2 Å². The Hall–Kier alpha value is -0.130. The summed E-state index contributed by atoms with van der Waals surface area (Å²) in [7, 11) is 0. The first kappa shape index (κ1) is 14.3.